The van der Waals surface area contributed by atoms with Gasteiger partial charge >= 0.3 is 0 Å². The molecule has 0 aliphatic carbocycles. The Balaban J connectivity index is 2.17. The van der Waals surface area contributed by atoms with Crippen molar-refractivity contribution < 1.29 is 4.79 Å². The van der Waals surface area contributed by atoms with Crippen LogP contribution in [0.3, 0.4) is 0 Å². The standard InChI is InChI=1S/C14H25N3O/c1-11(8-14(2,3)4)7-13(18)16-6-5-12-9-15-10-17-12/h9-11H,5-8H2,1-4H3,(H,15,17)(H,16,18). The predicted octanol–water partition coefficient (Wildman–Crippen LogP) is 2.53. The molecule has 0 aliphatic rings. The van der Waals surface area contributed by atoms with Crippen molar-refractivity contribution >= 4 is 5.91 Å². The van der Waals surface area contributed by atoms with E-state index in [0.717, 1.165) is 18.5 Å². The smallest absolute Gasteiger partial charge is 0.220 e. The second-order valence-corrected chi connectivity index (χ2v) is 6.25. The number of aromatic amines is 1. The lowest BCUT2D eigenvalue weighted by Gasteiger charge is -2.22. The molecule has 0 aromatic carbocycles. The Morgan fingerprint density at radius 1 is 1.50 bits per heavy atom. The van der Waals surface area contributed by atoms with Crippen molar-refractivity contribution in [2.75, 3.05) is 6.54 Å². The number of hydrogen-bond acceptors (Lipinski definition) is 2. The van der Waals surface area contributed by atoms with Crippen molar-refractivity contribution in [3.8, 4) is 0 Å². The molecule has 1 aromatic heterocycles. The average Bonchev–Trinajstić information content (AvgIpc) is 2.66. The van der Waals surface area contributed by atoms with E-state index in [1.54, 1.807) is 12.5 Å². The summed E-state index contributed by atoms with van der Waals surface area (Å²) in [5, 5.41) is 2.95. The van der Waals surface area contributed by atoms with E-state index in [0.29, 0.717) is 18.9 Å². The Morgan fingerprint density at radius 2 is 2.22 bits per heavy atom. The number of aromatic nitrogens is 2. The fourth-order valence-electron chi connectivity index (χ4n) is 2.26. The first-order valence-corrected chi connectivity index (χ1v) is 6.61. The molecule has 4 heteroatoms. The fraction of sp³-hybridized carbons (Fsp3) is 0.714. The zero-order valence-electron chi connectivity index (χ0n) is 11.9. The van der Waals surface area contributed by atoms with Crippen LogP contribution in [0.25, 0.3) is 0 Å². The zero-order valence-corrected chi connectivity index (χ0v) is 11.9. The Kier molecular flexibility index (Phi) is 5.38. The predicted molar refractivity (Wildman–Crippen MR) is 73.2 cm³/mol. The molecule has 0 fully saturated rings. The van der Waals surface area contributed by atoms with Gasteiger partial charge in [-0.2, -0.15) is 0 Å². The van der Waals surface area contributed by atoms with Gasteiger partial charge < -0.3 is 10.3 Å². The molecular formula is C14H25N3O. The van der Waals surface area contributed by atoms with E-state index in [9.17, 15) is 4.79 Å². The van der Waals surface area contributed by atoms with Gasteiger partial charge in [0, 0.05) is 31.3 Å². The summed E-state index contributed by atoms with van der Waals surface area (Å²) in [5.41, 5.74) is 1.34. The highest BCUT2D eigenvalue weighted by Crippen LogP contribution is 2.25. The van der Waals surface area contributed by atoms with E-state index < -0.39 is 0 Å². The number of carbonyl (C=O) groups is 1. The largest absolute Gasteiger partial charge is 0.356 e. The van der Waals surface area contributed by atoms with E-state index in [1.165, 1.54) is 0 Å². The van der Waals surface area contributed by atoms with Gasteiger partial charge in [-0.1, -0.05) is 27.7 Å². The van der Waals surface area contributed by atoms with Crippen LogP contribution in [0.1, 0.15) is 46.2 Å². The van der Waals surface area contributed by atoms with Crippen molar-refractivity contribution in [2.45, 2.75) is 47.0 Å². The number of rotatable bonds is 6. The third kappa shape index (κ3) is 6.42. The van der Waals surface area contributed by atoms with Gasteiger partial charge in [-0.05, 0) is 17.8 Å². The molecule has 1 heterocycles. The molecule has 4 nitrogen and oxygen atoms in total. The molecule has 102 valence electrons. The summed E-state index contributed by atoms with van der Waals surface area (Å²) in [4.78, 5) is 18.7. The van der Waals surface area contributed by atoms with Gasteiger partial charge in [0.05, 0.1) is 6.33 Å². The maximum atomic E-state index is 11.7. The van der Waals surface area contributed by atoms with Crippen LogP contribution in [0.4, 0.5) is 0 Å². The van der Waals surface area contributed by atoms with E-state index in [4.69, 9.17) is 0 Å². The molecule has 1 rings (SSSR count). The number of nitrogens with one attached hydrogen (secondary N) is 2. The number of hydrogen-bond donors (Lipinski definition) is 2. The molecule has 0 bridgehead atoms. The van der Waals surface area contributed by atoms with Crippen molar-refractivity contribution in [2.24, 2.45) is 11.3 Å². The van der Waals surface area contributed by atoms with Crippen molar-refractivity contribution in [1.82, 2.24) is 15.3 Å². The fourth-order valence-corrected chi connectivity index (χ4v) is 2.26. The first-order chi connectivity index (χ1) is 8.37. The van der Waals surface area contributed by atoms with Gasteiger partial charge in [0.2, 0.25) is 5.91 Å². The lowest BCUT2D eigenvalue weighted by molar-refractivity contribution is -0.122. The van der Waals surface area contributed by atoms with Crippen LogP contribution in [0.15, 0.2) is 12.5 Å². The van der Waals surface area contributed by atoms with Crippen LogP contribution in [-0.4, -0.2) is 22.4 Å². The van der Waals surface area contributed by atoms with Crippen molar-refractivity contribution in [3.63, 3.8) is 0 Å². The number of carbonyl (C=O) groups excluding carboxylic acids is 1. The molecule has 1 unspecified atom stereocenters. The first-order valence-electron chi connectivity index (χ1n) is 6.61. The Bertz CT molecular complexity index is 352. The number of nitrogens with zero attached hydrogens (tertiary/aromatic N) is 1. The normalized spacial score (nSPS) is 13.3. The van der Waals surface area contributed by atoms with Gasteiger partial charge in [-0.3, -0.25) is 4.79 Å². The second-order valence-electron chi connectivity index (χ2n) is 6.25. The molecular weight excluding hydrogens is 226 g/mol. The number of H-pyrrole nitrogens is 1. The Labute approximate surface area is 110 Å². The summed E-state index contributed by atoms with van der Waals surface area (Å²) in [6.45, 7) is 9.43. The van der Waals surface area contributed by atoms with Crippen LogP contribution in [0.2, 0.25) is 0 Å². The lowest BCUT2D eigenvalue weighted by Crippen LogP contribution is -2.28. The molecule has 1 aromatic rings. The summed E-state index contributed by atoms with van der Waals surface area (Å²) < 4.78 is 0. The van der Waals surface area contributed by atoms with E-state index in [2.05, 4.69) is 43.0 Å². The molecule has 18 heavy (non-hydrogen) atoms. The lowest BCUT2D eigenvalue weighted by atomic mass is 9.84. The topological polar surface area (TPSA) is 57.8 Å². The summed E-state index contributed by atoms with van der Waals surface area (Å²) in [5.74, 6) is 0.573. The van der Waals surface area contributed by atoms with Crippen LogP contribution in [-0.2, 0) is 11.2 Å². The molecule has 0 spiro atoms. The third-order valence-electron chi connectivity index (χ3n) is 2.77. The quantitative estimate of drug-likeness (QED) is 0.816. The van der Waals surface area contributed by atoms with Crippen LogP contribution >= 0.6 is 0 Å². The van der Waals surface area contributed by atoms with Gasteiger partial charge in [-0.25, -0.2) is 4.98 Å². The van der Waals surface area contributed by atoms with E-state index >= 15 is 0 Å². The van der Waals surface area contributed by atoms with Crippen LogP contribution in [0.5, 0.6) is 0 Å². The third-order valence-corrected chi connectivity index (χ3v) is 2.77. The number of amides is 1. The highest BCUT2D eigenvalue weighted by molar-refractivity contribution is 5.76. The molecule has 1 atom stereocenters. The number of imidazole rings is 1. The second kappa shape index (κ2) is 6.57. The van der Waals surface area contributed by atoms with Crippen LogP contribution < -0.4 is 5.32 Å². The molecule has 0 radical (unpaired) electrons. The minimum absolute atomic E-state index is 0.145. The van der Waals surface area contributed by atoms with Gasteiger partial charge in [0.25, 0.3) is 0 Å². The molecule has 0 saturated heterocycles. The van der Waals surface area contributed by atoms with E-state index in [-0.39, 0.29) is 11.3 Å². The first kappa shape index (κ1) is 14.7. The maximum Gasteiger partial charge on any atom is 0.220 e. The maximum absolute atomic E-state index is 11.7. The summed E-state index contributed by atoms with van der Waals surface area (Å²) in [6.07, 6.45) is 5.93. The Morgan fingerprint density at radius 3 is 2.78 bits per heavy atom. The van der Waals surface area contributed by atoms with Crippen molar-refractivity contribution in [1.29, 1.82) is 0 Å². The highest BCUT2D eigenvalue weighted by Gasteiger charge is 2.17. The molecule has 0 saturated carbocycles. The van der Waals surface area contributed by atoms with Gasteiger partial charge in [0.1, 0.15) is 0 Å². The molecule has 2 N–H and O–H groups in total. The Hall–Kier alpha value is -1.32. The van der Waals surface area contributed by atoms with Crippen LogP contribution in [0, 0.1) is 11.3 Å². The summed E-state index contributed by atoms with van der Waals surface area (Å²) in [7, 11) is 0. The van der Waals surface area contributed by atoms with E-state index in [1.807, 2.05) is 0 Å². The monoisotopic (exact) mass is 251 g/mol. The van der Waals surface area contributed by atoms with Crippen molar-refractivity contribution in [3.05, 3.63) is 18.2 Å². The average molecular weight is 251 g/mol. The molecule has 1 amide bonds. The summed E-state index contributed by atoms with van der Waals surface area (Å²) >= 11 is 0. The summed E-state index contributed by atoms with van der Waals surface area (Å²) in [6, 6.07) is 0. The SMILES string of the molecule is CC(CC(=O)NCCc1cnc[nH]1)CC(C)(C)C. The minimum Gasteiger partial charge on any atom is -0.356 e. The van der Waals surface area contributed by atoms with Gasteiger partial charge in [0.15, 0.2) is 0 Å². The van der Waals surface area contributed by atoms with Gasteiger partial charge in [-0.15, -0.1) is 0 Å². The molecule has 0 aliphatic heterocycles. The highest BCUT2D eigenvalue weighted by atomic mass is 16.1. The zero-order chi connectivity index (χ0) is 13.6. The minimum atomic E-state index is 0.145.